The number of aliphatic hydroxyl groups excluding tert-OH is 1. The summed E-state index contributed by atoms with van der Waals surface area (Å²) in [6.07, 6.45) is 0.688. The van der Waals surface area contributed by atoms with Gasteiger partial charge in [0.2, 0.25) is 0 Å². The zero-order valence-corrected chi connectivity index (χ0v) is 11.9. The molecule has 0 saturated carbocycles. The van der Waals surface area contributed by atoms with Crippen molar-refractivity contribution in [1.82, 2.24) is 0 Å². The van der Waals surface area contributed by atoms with Crippen LogP contribution in [0.5, 0.6) is 5.75 Å². The number of rotatable bonds is 3. The molecule has 0 amide bonds. The van der Waals surface area contributed by atoms with E-state index in [1.807, 2.05) is 23.9 Å². The van der Waals surface area contributed by atoms with Crippen molar-refractivity contribution in [2.45, 2.75) is 19.4 Å². The normalized spacial score (nSPS) is 18.3. The summed E-state index contributed by atoms with van der Waals surface area (Å²) in [5.41, 5.74) is 2.03. The van der Waals surface area contributed by atoms with Gasteiger partial charge in [-0.25, -0.2) is 0 Å². The van der Waals surface area contributed by atoms with Crippen molar-refractivity contribution in [3.8, 4) is 5.75 Å². The molecule has 0 radical (unpaired) electrons. The molecular formula is C14H21NO2S. The van der Waals surface area contributed by atoms with Crippen LogP contribution >= 0.6 is 11.8 Å². The van der Waals surface area contributed by atoms with Crippen LogP contribution in [0.25, 0.3) is 0 Å². The van der Waals surface area contributed by atoms with Gasteiger partial charge in [-0.3, -0.25) is 0 Å². The van der Waals surface area contributed by atoms with Crippen LogP contribution in [0.1, 0.15) is 25.0 Å². The highest BCUT2D eigenvalue weighted by Crippen LogP contribution is 2.35. The third-order valence-electron chi connectivity index (χ3n) is 3.24. The summed E-state index contributed by atoms with van der Waals surface area (Å²) in [5.74, 6) is 3.15. The second kappa shape index (κ2) is 6.34. The molecule has 1 aromatic rings. The average molecular weight is 267 g/mol. The van der Waals surface area contributed by atoms with Gasteiger partial charge in [-0.05, 0) is 31.2 Å². The summed E-state index contributed by atoms with van der Waals surface area (Å²) >= 11 is 2.00. The topological polar surface area (TPSA) is 32.7 Å². The van der Waals surface area contributed by atoms with E-state index in [1.54, 1.807) is 14.0 Å². The Labute approximate surface area is 113 Å². The molecule has 1 heterocycles. The quantitative estimate of drug-likeness (QED) is 0.912. The summed E-state index contributed by atoms with van der Waals surface area (Å²) in [7, 11) is 1.66. The molecule has 1 fully saturated rings. The molecule has 2 rings (SSSR count). The lowest BCUT2D eigenvalue weighted by atomic mass is 10.1. The van der Waals surface area contributed by atoms with Crippen molar-refractivity contribution >= 4 is 17.4 Å². The summed E-state index contributed by atoms with van der Waals surface area (Å²) < 4.78 is 5.38. The van der Waals surface area contributed by atoms with E-state index < -0.39 is 6.10 Å². The maximum Gasteiger partial charge on any atom is 0.126 e. The van der Waals surface area contributed by atoms with Gasteiger partial charge in [0.25, 0.3) is 0 Å². The number of ether oxygens (including phenoxy) is 1. The fraction of sp³-hybridized carbons (Fsp3) is 0.571. The van der Waals surface area contributed by atoms with E-state index in [0.29, 0.717) is 0 Å². The minimum Gasteiger partial charge on any atom is -0.496 e. The Kier molecular flexibility index (Phi) is 4.78. The molecule has 1 N–H and O–H groups in total. The lowest BCUT2D eigenvalue weighted by Gasteiger charge is -2.27. The molecule has 0 spiro atoms. The maximum absolute atomic E-state index is 10.0. The zero-order chi connectivity index (χ0) is 13.0. The summed E-state index contributed by atoms with van der Waals surface area (Å²) in [6.45, 7) is 3.89. The molecular weight excluding hydrogens is 246 g/mol. The fourth-order valence-corrected chi connectivity index (χ4v) is 3.28. The predicted octanol–water partition coefficient (Wildman–Crippen LogP) is 2.69. The first-order valence-electron chi connectivity index (χ1n) is 6.41. The van der Waals surface area contributed by atoms with Crippen molar-refractivity contribution in [1.29, 1.82) is 0 Å². The SMILES string of the molecule is COc1cccc(N2CCCSCC2)c1[C@H](C)O. The second-order valence-corrected chi connectivity index (χ2v) is 5.75. The number of benzene rings is 1. The van der Waals surface area contributed by atoms with Crippen LogP contribution in [0.3, 0.4) is 0 Å². The van der Waals surface area contributed by atoms with Crippen molar-refractivity contribution in [2.75, 3.05) is 36.6 Å². The third-order valence-corrected chi connectivity index (χ3v) is 4.29. The standard InChI is InChI=1S/C14H21NO2S/c1-11(16)14-12(5-3-6-13(14)17-2)15-7-4-9-18-10-8-15/h3,5-6,11,16H,4,7-10H2,1-2H3/t11-/m0/s1. The molecule has 1 atom stereocenters. The number of hydrogen-bond acceptors (Lipinski definition) is 4. The third kappa shape index (κ3) is 2.93. The van der Waals surface area contributed by atoms with Crippen LogP contribution in [0, 0.1) is 0 Å². The molecule has 0 unspecified atom stereocenters. The molecule has 1 aliphatic rings. The largest absolute Gasteiger partial charge is 0.496 e. The van der Waals surface area contributed by atoms with Crippen molar-refractivity contribution in [2.24, 2.45) is 0 Å². The first-order valence-corrected chi connectivity index (χ1v) is 7.57. The van der Waals surface area contributed by atoms with Gasteiger partial charge in [0.15, 0.2) is 0 Å². The monoisotopic (exact) mass is 267 g/mol. The first-order chi connectivity index (χ1) is 8.74. The van der Waals surface area contributed by atoms with Gasteiger partial charge in [0, 0.05) is 30.1 Å². The van der Waals surface area contributed by atoms with Crippen molar-refractivity contribution in [3.63, 3.8) is 0 Å². The van der Waals surface area contributed by atoms with Crippen LogP contribution in [-0.4, -0.2) is 36.8 Å². The average Bonchev–Trinajstić information content (AvgIpc) is 2.66. The Balaban J connectivity index is 2.35. The predicted molar refractivity (Wildman–Crippen MR) is 77.8 cm³/mol. The summed E-state index contributed by atoms with van der Waals surface area (Å²) in [4.78, 5) is 2.37. The Bertz CT molecular complexity index is 387. The van der Waals surface area contributed by atoms with Crippen LogP contribution in [0.4, 0.5) is 5.69 Å². The Morgan fingerprint density at radius 3 is 2.89 bits per heavy atom. The lowest BCUT2D eigenvalue weighted by Crippen LogP contribution is -2.27. The molecule has 1 aliphatic heterocycles. The number of methoxy groups -OCH3 is 1. The Hall–Kier alpha value is -0.870. The van der Waals surface area contributed by atoms with E-state index in [0.717, 1.165) is 35.8 Å². The van der Waals surface area contributed by atoms with Gasteiger partial charge < -0.3 is 14.7 Å². The summed E-state index contributed by atoms with van der Waals surface area (Å²) in [5, 5.41) is 10.0. The van der Waals surface area contributed by atoms with Gasteiger partial charge >= 0.3 is 0 Å². The number of anilines is 1. The zero-order valence-electron chi connectivity index (χ0n) is 11.1. The second-order valence-electron chi connectivity index (χ2n) is 4.52. The van der Waals surface area contributed by atoms with E-state index in [2.05, 4.69) is 11.0 Å². The van der Waals surface area contributed by atoms with Gasteiger partial charge in [0.05, 0.1) is 13.2 Å². The van der Waals surface area contributed by atoms with Crippen LogP contribution in [-0.2, 0) is 0 Å². The number of thioether (sulfide) groups is 1. The minimum absolute atomic E-state index is 0.507. The maximum atomic E-state index is 10.0. The lowest BCUT2D eigenvalue weighted by molar-refractivity contribution is 0.194. The molecule has 0 bridgehead atoms. The Morgan fingerprint density at radius 2 is 2.17 bits per heavy atom. The molecule has 4 heteroatoms. The number of aliphatic hydroxyl groups is 1. The van der Waals surface area contributed by atoms with Crippen LogP contribution in [0.15, 0.2) is 18.2 Å². The van der Waals surface area contributed by atoms with E-state index >= 15 is 0 Å². The molecule has 0 aliphatic carbocycles. The number of hydrogen-bond donors (Lipinski definition) is 1. The molecule has 0 aromatic heterocycles. The fourth-order valence-electron chi connectivity index (χ4n) is 2.39. The smallest absolute Gasteiger partial charge is 0.126 e. The Morgan fingerprint density at radius 1 is 1.33 bits per heavy atom. The minimum atomic E-state index is -0.507. The molecule has 1 saturated heterocycles. The van der Waals surface area contributed by atoms with Gasteiger partial charge in [0.1, 0.15) is 5.75 Å². The molecule has 3 nitrogen and oxygen atoms in total. The highest BCUT2D eigenvalue weighted by atomic mass is 32.2. The number of nitrogens with zero attached hydrogens (tertiary/aromatic N) is 1. The van der Waals surface area contributed by atoms with Gasteiger partial charge in [-0.15, -0.1) is 0 Å². The van der Waals surface area contributed by atoms with Crippen molar-refractivity contribution in [3.05, 3.63) is 23.8 Å². The van der Waals surface area contributed by atoms with Crippen LogP contribution in [0.2, 0.25) is 0 Å². The molecule has 18 heavy (non-hydrogen) atoms. The first kappa shape index (κ1) is 13.6. The summed E-state index contributed by atoms with van der Waals surface area (Å²) in [6, 6.07) is 6.00. The van der Waals surface area contributed by atoms with Crippen LogP contribution < -0.4 is 9.64 Å². The van der Waals surface area contributed by atoms with E-state index in [-0.39, 0.29) is 0 Å². The van der Waals surface area contributed by atoms with E-state index in [4.69, 9.17) is 4.74 Å². The highest BCUT2D eigenvalue weighted by molar-refractivity contribution is 7.99. The highest BCUT2D eigenvalue weighted by Gasteiger charge is 2.19. The van der Waals surface area contributed by atoms with Gasteiger partial charge in [-0.1, -0.05) is 6.07 Å². The molecule has 1 aromatic carbocycles. The van der Waals surface area contributed by atoms with Gasteiger partial charge in [-0.2, -0.15) is 11.8 Å². The van der Waals surface area contributed by atoms with E-state index in [1.165, 1.54) is 12.2 Å². The van der Waals surface area contributed by atoms with E-state index in [9.17, 15) is 5.11 Å². The molecule has 100 valence electrons. The van der Waals surface area contributed by atoms with Crippen molar-refractivity contribution < 1.29 is 9.84 Å².